The number of nitrogens with zero attached hydrogens (tertiary/aromatic N) is 2. The van der Waals surface area contributed by atoms with Crippen LogP contribution in [-0.2, 0) is 6.42 Å². The molecule has 0 N–H and O–H groups in total. The Balaban J connectivity index is 1.97. The summed E-state index contributed by atoms with van der Waals surface area (Å²) in [6, 6.07) is 5.88. The quantitative estimate of drug-likeness (QED) is 0.797. The second kappa shape index (κ2) is 4.78. The Hall–Kier alpha value is -1.68. The van der Waals surface area contributed by atoms with E-state index in [2.05, 4.69) is 11.9 Å². The van der Waals surface area contributed by atoms with Gasteiger partial charge >= 0.3 is 0 Å². The molecule has 0 spiro atoms. The zero-order chi connectivity index (χ0) is 13.4. The van der Waals surface area contributed by atoms with E-state index >= 15 is 0 Å². The van der Waals surface area contributed by atoms with Gasteiger partial charge in [0.1, 0.15) is 0 Å². The van der Waals surface area contributed by atoms with E-state index in [-0.39, 0.29) is 5.91 Å². The minimum absolute atomic E-state index is 0.107. The van der Waals surface area contributed by atoms with Crippen molar-refractivity contribution in [2.75, 3.05) is 11.4 Å². The van der Waals surface area contributed by atoms with Crippen LogP contribution in [0.15, 0.2) is 24.4 Å². The SMILES string of the molecule is Cc1cc(C(=O)N2CCCc3ncccc32)sc1C. The topological polar surface area (TPSA) is 33.2 Å². The molecule has 0 fully saturated rings. The van der Waals surface area contributed by atoms with Crippen molar-refractivity contribution < 1.29 is 4.79 Å². The summed E-state index contributed by atoms with van der Waals surface area (Å²) in [6.45, 7) is 4.89. The second-order valence-electron chi connectivity index (χ2n) is 4.88. The van der Waals surface area contributed by atoms with Gasteiger partial charge in [0, 0.05) is 17.6 Å². The van der Waals surface area contributed by atoms with Gasteiger partial charge in [0.15, 0.2) is 0 Å². The Morgan fingerprint density at radius 3 is 3.00 bits per heavy atom. The average Bonchev–Trinajstić information content (AvgIpc) is 2.77. The van der Waals surface area contributed by atoms with Crippen LogP contribution in [0.3, 0.4) is 0 Å². The highest BCUT2D eigenvalue weighted by molar-refractivity contribution is 7.14. The van der Waals surface area contributed by atoms with Crippen LogP contribution in [0, 0.1) is 13.8 Å². The molecule has 19 heavy (non-hydrogen) atoms. The van der Waals surface area contributed by atoms with Gasteiger partial charge in [-0.05, 0) is 50.5 Å². The van der Waals surface area contributed by atoms with Crippen molar-refractivity contribution in [2.45, 2.75) is 26.7 Å². The van der Waals surface area contributed by atoms with Crippen LogP contribution < -0.4 is 4.90 Å². The largest absolute Gasteiger partial charge is 0.306 e. The predicted octanol–water partition coefficient (Wildman–Crippen LogP) is 3.35. The van der Waals surface area contributed by atoms with Crippen LogP contribution in [0.5, 0.6) is 0 Å². The lowest BCUT2D eigenvalue weighted by Crippen LogP contribution is -2.35. The Morgan fingerprint density at radius 1 is 1.42 bits per heavy atom. The van der Waals surface area contributed by atoms with Gasteiger partial charge in [-0.25, -0.2) is 0 Å². The number of aromatic nitrogens is 1. The number of carbonyl (C=O) groups is 1. The summed E-state index contributed by atoms with van der Waals surface area (Å²) >= 11 is 1.58. The molecule has 0 saturated heterocycles. The van der Waals surface area contributed by atoms with Gasteiger partial charge in [-0.3, -0.25) is 9.78 Å². The molecular weight excluding hydrogens is 256 g/mol. The zero-order valence-electron chi connectivity index (χ0n) is 11.1. The third-order valence-corrected chi connectivity index (χ3v) is 4.71. The number of fused-ring (bicyclic) bond motifs is 1. The van der Waals surface area contributed by atoms with Crippen molar-refractivity contribution in [3.8, 4) is 0 Å². The standard InChI is InChI=1S/C15H16N2OS/c1-10-9-14(19-11(10)2)15(18)17-8-4-5-12-13(17)6-3-7-16-12/h3,6-7,9H,4-5,8H2,1-2H3. The van der Waals surface area contributed by atoms with Crippen molar-refractivity contribution in [1.29, 1.82) is 0 Å². The van der Waals surface area contributed by atoms with Crippen molar-refractivity contribution in [2.24, 2.45) is 0 Å². The van der Waals surface area contributed by atoms with E-state index in [0.29, 0.717) is 0 Å². The second-order valence-corrected chi connectivity index (χ2v) is 6.14. The lowest BCUT2D eigenvalue weighted by atomic mass is 10.1. The third-order valence-electron chi connectivity index (χ3n) is 3.57. The molecule has 1 amide bonds. The van der Waals surface area contributed by atoms with Crippen molar-refractivity contribution in [3.05, 3.63) is 45.4 Å². The van der Waals surface area contributed by atoms with Crippen molar-refractivity contribution in [3.63, 3.8) is 0 Å². The molecule has 2 aromatic rings. The number of amides is 1. The fourth-order valence-corrected chi connectivity index (χ4v) is 3.40. The van der Waals surface area contributed by atoms with E-state index in [4.69, 9.17) is 0 Å². The number of thiophene rings is 1. The number of aryl methyl sites for hydroxylation is 3. The molecule has 3 heterocycles. The molecule has 0 radical (unpaired) electrons. The summed E-state index contributed by atoms with van der Waals surface area (Å²) in [5, 5.41) is 0. The highest BCUT2D eigenvalue weighted by Crippen LogP contribution is 2.29. The van der Waals surface area contributed by atoms with E-state index in [1.54, 1.807) is 17.5 Å². The highest BCUT2D eigenvalue weighted by Gasteiger charge is 2.25. The molecule has 0 atom stereocenters. The zero-order valence-corrected chi connectivity index (χ0v) is 12.0. The molecule has 0 unspecified atom stereocenters. The maximum atomic E-state index is 12.6. The fraction of sp³-hybridized carbons (Fsp3) is 0.333. The molecular formula is C15H16N2OS. The third kappa shape index (κ3) is 2.16. The molecule has 1 aliphatic rings. The molecule has 0 saturated carbocycles. The number of pyridine rings is 1. The Kier molecular flexibility index (Phi) is 3.11. The van der Waals surface area contributed by atoms with E-state index in [9.17, 15) is 4.79 Å². The van der Waals surface area contributed by atoms with Crippen LogP contribution in [0.2, 0.25) is 0 Å². The normalized spacial score (nSPS) is 14.3. The van der Waals surface area contributed by atoms with Crippen LogP contribution in [-0.4, -0.2) is 17.4 Å². The van der Waals surface area contributed by atoms with Crippen LogP contribution in [0.4, 0.5) is 5.69 Å². The molecule has 4 heteroatoms. The predicted molar refractivity (Wildman–Crippen MR) is 78.0 cm³/mol. The number of anilines is 1. The lowest BCUT2D eigenvalue weighted by molar-refractivity contribution is 0.0988. The highest BCUT2D eigenvalue weighted by atomic mass is 32.1. The molecule has 3 rings (SSSR count). The van der Waals surface area contributed by atoms with Crippen molar-refractivity contribution in [1.82, 2.24) is 4.98 Å². The lowest BCUT2D eigenvalue weighted by Gasteiger charge is -2.28. The van der Waals surface area contributed by atoms with Crippen molar-refractivity contribution >= 4 is 22.9 Å². The first-order valence-electron chi connectivity index (χ1n) is 6.49. The Morgan fingerprint density at radius 2 is 2.26 bits per heavy atom. The smallest absolute Gasteiger partial charge is 0.268 e. The van der Waals surface area contributed by atoms with Crippen LogP contribution >= 0.6 is 11.3 Å². The van der Waals surface area contributed by atoms with Crippen LogP contribution in [0.1, 0.15) is 32.2 Å². The number of hydrogen-bond acceptors (Lipinski definition) is 3. The Labute approximate surface area is 116 Å². The van der Waals surface area contributed by atoms with Gasteiger partial charge in [0.2, 0.25) is 0 Å². The summed E-state index contributed by atoms with van der Waals surface area (Å²) in [5.41, 5.74) is 3.20. The van der Waals surface area contributed by atoms with Gasteiger partial charge in [-0.15, -0.1) is 11.3 Å². The van der Waals surface area contributed by atoms with Gasteiger partial charge in [-0.2, -0.15) is 0 Å². The van der Waals surface area contributed by atoms with Gasteiger partial charge in [-0.1, -0.05) is 0 Å². The summed E-state index contributed by atoms with van der Waals surface area (Å²) < 4.78 is 0. The Bertz CT molecular complexity index is 613. The summed E-state index contributed by atoms with van der Waals surface area (Å²) in [5.74, 6) is 0.107. The maximum Gasteiger partial charge on any atom is 0.268 e. The first-order valence-corrected chi connectivity index (χ1v) is 7.31. The maximum absolute atomic E-state index is 12.6. The van der Waals surface area contributed by atoms with Gasteiger partial charge in [0.25, 0.3) is 5.91 Å². The molecule has 2 aromatic heterocycles. The minimum atomic E-state index is 0.107. The number of carbonyl (C=O) groups excluding carboxylic acids is 1. The van der Waals surface area contributed by atoms with Gasteiger partial charge < -0.3 is 4.90 Å². The molecule has 0 aromatic carbocycles. The van der Waals surface area contributed by atoms with E-state index in [0.717, 1.165) is 35.6 Å². The van der Waals surface area contributed by atoms with E-state index in [1.807, 2.05) is 30.0 Å². The average molecular weight is 272 g/mol. The monoisotopic (exact) mass is 272 g/mol. The first-order chi connectivity index (χ1) is 9.16. The minimum Gasteiger partial charge on any atom is -0.306 e. The molecule has 1 aliphatic heterocycles. The molecule has 0 bridgehead atoms. The van der Waals surface area contributed by atoms with E-state index in [1.165, 1.54) is 10.4 Å². The molecule has 0 aliphatic carbocycles. The number of rotatable bonds is 1. The van der Waals surface area contributed by atoms with Gasteiger partial charge in [0.05, 0.1) is 16.3 Å². The molecule has 3 nitrogen and oxygen atoms in total. The van der Waals surface area contributed by atoms with Crippen LogP contribution in [0.25, 0.3) is 0 Å². The number of hydrogen-bond donors (Lipinski definition) is 0. The summed E-state index contributed by atoms with van der Waals surface area (Å²) in [6.07, 6.45) is 3.74. The summed E-state index contributed by atoms with van der Waals surface area (Å²) in [4.78, 5) is 20.9. The van der Waals surface area contributed by atoms with E-state index < -0.39 is 0 Å². The first kappa shape index (κ1) is 12.4. The summed E-state index contributed by atoms with van der Waals surface area (Å²) in [7, 11) is 0. The fourth-order valence-electron chi connectivity index (χ4n) is 2.42. The molecule has 98 valence electrons.